The van der Waals surface area contributed by atoms with Gasteiger partial charge in [-0.15, -0.1) is 4.98 Å². The highest BCUT2D eigenvalue weighted by molar-refractivity contribution is 5.27. The zero-order valence-electron chi connectivity index (χ0n) is 12.3. The van der Waals surface area contributed by atoms with Gasteiger partial charge in [0.1, 0.15) is 0 Å². The first kappa shape index (κ1) is 15.5. The van der Waals surface area contributed by atoms with E-state index >= 15 is 0 Å². The van der Waals surface area contributed by atoms with E-state index in [9.17, 15) is 0 Å². The number of nitrogens with zero attached hydrogens (tertiary/aromatic N) is 3. The highest BCUT2D eigenvalue weighted by Gasteiger charge is 2.08. The molecule has 0 spiro atoms. The number of anilines is 1. The van der Waals surface area contributed by atoms with Gasteiger partial charge >= 0.3 is 12.0 Å². The molecule has 1 heterocycles. The molecule has 0 bridgehead atoms. The zero-order chi connectivity index (χ0) is 14.1. The maximum Gasteiger partial charge on any atom is 0.324 e. The molecule has 1 rings (SSSR count). The summed E-state index contributed by atoms with van der Waals surface area (Å²) in [7, 11) is 0. The van der Waals surface area contributed by atoms with Crippen molar-refractivity contribution in [3.63, 3.8) is 0 Å². The van der Waals surface area contributed by atoms with Crippen molar-refractivity contribution >= 4 is 5.95 Å². The van der Waals surface area contributed by atoms with Gasteiger partial charge in [-0.2, -0.15) is 9.97 Å². The van der Waals surface area contributed by atoms with Crippen molar-refractivity contribution in [1.82, 2.24) is 15.0 Å². The summed E-state index contributed by atoms with van der Waals surface area (Å²) in [6.07, 6.45) is 1.96. The molecular formula is C13H24N4O2. The molecular weight excluding hydrogens is 244 g/mol. The first-order chi connectivity index (χ1) is 9.15. The lowest BCUT2D eigenvalue weighted by atomic mass is 10.1. The Kier molecular flexibility index (Phi) is 6.92. The van der Waals surface area contributed by atoms with E-state index in [1.165, 1.54) is 0 Å². The molecule has 0 fully saturated rings. The average molecular weight is 268 g/mol. The lowest BCUT2D eigenvalue weighted by molar-refractivity contribution is 0.254. The topological polar surface area (TPSA) is 69.2 Å². The van der Waals surface area contributed by atoms with Gasteiger partial charge in [0.05, 0.1) is 13.2 Å². The lowest BCUT2D eigenvalue weighted by Gasteiger charge is -2.10. The minimum atomic E-state index is 0.302. The average Bonchev–Trinajstić information content (AvgIpc) is 2.36. The second kappa shape index (κ2) is 8.50. The van der Waals surface area contributed by atoms with Crippen LogP contribution in [0.1, 0.15) is 40.5 Å². The van der Waals surface area contributed by atoms with Crippen LogP contribution >= 0.6 is 0 Å². The largest absolute Gasteiger partial charge is 0.464 e. The van der Waals surface area contributed by atoms with Crippen molar-refractivity contribution in [2.24, 2.45) is 5.92 Å². The van der Waals surface area contributed by atoms with Crippen molar-refractivity contribution in [3.8, 4) is 12.0 Å². The Bertz CT molecular complexity index is 372. The van der Waals surface area contributed by atoms with E-state index < -0.39 is 0 Å². The van der Waals surface area contributed by atoms with Gasteiger partial charge in [-0.1, -0.05) is 20.8 Å². The predicted octanol–water partition coefficient (Wildman–Crippen LogP) is 2.52. The van der Waals surface area contributed by atoms with Crippen LogP contribution in [0.25, 0.3) is 0 Å². The normalized spacial score (nSPS) is 10.6. The van der Waals surface area contributed by atoms with E-state index in [-0.39, 0.29) is 0 Å². The highest BCUT2D eigenvalue weighted by Crippen LogP contribution is 2.13. The van der Waals surface area contributed by atoms with Crippen LogP contribution in [-0.4, -0.2) is 34.7 Å². The van der Waals surface area contributed by atoms with Crippen LogP contribution in [0.5, 0.6) is 12.0 Å². The van der Waals surface area contributed by atoms with Crippen molar-refractivity contribution < 1.29 is 9.47 Å². The number of aromatic nitrogens is 3. The molecule has 0 amide bonds. The molecule has 108 valence electrons. The number of hydrogen-bond donors (Lipinski definition) is 1. The van der Waals surface area contributed by atoms with E-state index in [1.54, 1.807) is 0 Å². The standard InChI is InChI=1S/C13H24N4O2/c1-5-8-14-11-15-12(18-6-2)17-13(16-11)19-9-7-10(3)4/h10H,5-9H2,1-4H3,(H,14,15,16,17). The Morgan fingerprint density at radius 3 is 2.32 bits per heavy atom. The monoisotopic (exact) mass is 268 g/mol. The Balaban J connectivity index is 2.68. The van der Waals surface area contributed by atoms with Crippen LogP contribution in [0.4, 0.5) is 5.95 Å². The zero-order valence-corrected chi connectivity index (χ0v) is 12.3. The fourth-order valence-corrected chi connectivity index (χ4v) is 1.30. The third-order valence-electron chi connectivity index (χ3n) is 2.33. The molecule has 1 aromatic heterocycles. The van der Waals surface area contributed by atoms with Crippen molar-refractivity contribution in [3.05, 3.63) is 0 Å². The van der Waals surface area contributed by atoms with Gasteiger partial charge in [0.25, 0.3) is 0 Å². The van der Waals surface area contributed by atoms with E-state index in [0.717, 1.165) is 19.4 Å². The second-order valence-corrected chi connectivity index (χ2v) is 4.61. The Labute approximate surface area is 115 Å². The van der Waals surface area contributed by atoms with Crippen molar-refractivity contribution in [1.29, 1.82) is 0 Å². The molecule has 0 saturated heterocycles. The van der Waals surface area contributed by atoms with Gasteiger partial charge in [-0.3, -0.25) is 0 Å². The summed E-state index contributed by atoms with van der Waals surface area (Å²) >= 11 is 0. The molecule has 0 aliphatic heterocycles. The van der Waals surface area contributed by atoms with E-state index in [1.807, 2.05) is 6.92 Å². The Morgan fingerprint density at radius 1 is 1.05 bits per heavy atom. The molecule has 0 saturated carbocycles. The second-order valence-electron chi connectivity index (χ2n) is 4.61. The third kappa shape index (κ3) is 6.22. The van der Waals surface area contributed by atoms with Gasteiger partial charge in [0.2, 0.25) is 5.95 Å². The quantitative estimate of drug-likeness (QED) is 0.742. The van der Waals surface area contributed by atoms with Crippen LogP contribution in [0.15, 0.2) is 0 Å². The van der Waals surface area contributed by atoms with Gasteiger partial charge in [-0.25, -0.2) is 0 Å². The summed E-state index contributed by atoms with van der Waals surface area (Å²) in [5.41, 5.74) is 0. The maximum atomic E-state index is 5.54. The van der Waals surface area contributed by atoms with Crippen LogP contribution in [0.2, 0.25) is 0 Å². The van der Waals surface area contributed by atoms with E-state index in [0.29, 0.717) is 37.1 Å². The van der Waals surface area contributed by atoms with E-state index in [4.69, 9.17) is 9.47 Å². The smallest absolute Gasteiger partial charge is 0.324 e. The van der Waals surface area contributed by atoms with Crippen LogP contribution in [0, 0.1) is 5.92 Å². The summed E-state index contributed by atoms with van der Waals surface area (Å²) < 4.78 is 10.9. The fraction of sp³-hybridized carbons (Fsp3) is 0.769. The van der Waals surface area contributed by atoms with Crippen LogP contribution in [0.3, 0.4) is 0 Å². The SMILES string of the molecule is CCCNc1nc(OCC)nc(OCCC(C)C)n1. The van der Waals surface area contributed by atoms with Gasteiger partial charge < -0.3 is 14.8 Å². The molecule has 1 aromatic rings. The maximum absolute atomic E-state index is 5.54. The molecule has 6 heteroatoms. The van der Waals surface area contributed by atoms with Gasteiger partial charge in [-0.05, 0) is 25.7 Å². The number of nitrogens with one attached hydrogen (secondary N) is 1. The van der Waals surface area contributed by atoms with Gasteiger partial charge in [0.15, 0.2) is 0 Å². The number of rotatable bonds is 9. The molecule has 0 aliphatic rings. The van der Waals surface area contributed by atoms with Crippen molar-refractivity contribution in [2.45, 2.75) is 40.5 Å². The molecule has 1 N–H and O–H groups in total. The molecule has 0 atom stereocenters. The molecule has 0 aromatic carbocycles. The minimum Gasteiger partial charge on any atom is -0.464 e. The van der Waals surface area contributed by atoms with Crippen LogP contribution in [-0.2, 0) is 0 Å². The summed E-state index contributed by atoms with van der Waals surface area (Å²) in [4.78, 5) is 12.5. The minimum absolute atomic E-state index is 0.302. The Morgan fingerprint density at radius 2 is 1.74 bits per heavy atom. The molecule has 0 radical (unpaired) electrons. The van der Waals surface area contributed by atoms with Crippen molar-refractivity contribution in [2.75, 3.05) is 25.1 Å². The predicted molar refractivity (Wildman–Crippen MR) is 74.7 cm³/mol. The van der Waals surface area contributed by atoms with E-state index in [2.05, 4.69) is 41.0 Å². The summed E-state index contributed by atoms with van der Waals surface area (Å²) in [6.45, 7) is 10.2. The fourth-order valence-electron chi connectivity index (χ4n) is 1.30. The van der Waals surface area contributed by atoms with Gasteiger partial charge in [0, 0.05) is 6.54 Å². The first-order valence-electron chi connectivity index (χ1n) is 6.91. The molecule has 6 nitrogen and oxygen atoms in total. The summed E-state index contributed by atoms with van der Waals surface area (Å²) in [5.74, 6) is 1.09. The van der Waals surface area contributed by atoms with Crippen LogP contribution < -0.4 is 14.8 Å². The molecule has 0 aliphatic carbocycles. The first-order valence-corrected chi connectivity index (χ1v) is 6.91. The third-order valence-corrected chi connectivity index (χ3v) is 2.33. The summed E-state index contributed by atoms with van der Waals surface area (Å²) in [5, 5.41) is 3.11. The summed E-state index contributed by atoms with van der Waals surface area (Å²) in [6, 6.07) is 0.619. The number of hydrogen-bond acceptors (Lipinski definition) is 6. The molecule has 19 heavy (non-hydrogen) atoms. The lowest BCUT2D eigenvalue weighted by Crippen LogP contribution is -2.10. The number of ether oxygens (including phenoxy) is 2. The molecule has 0 unspecified atom stereocenters. The Hall–Kier alpha value is -1.59. The highest BCUT2D eigenvalue weighted by atomic mass is 16.5.